The highest BCUT2D eigenvalue weighted by Crippen LogP contribution is 2.46. The second kappa shape index (κ2) is 10.3. The summed E-state index contributed by atoms with van der Waals surface area (Å²) in [5.41, 5.74) is -2.77. The molecule has 1 aromatic heterocycles. The number of halogens is 2. The number of aliphatic hydroxyl groups excluding tert-OH is 1. The van der Waals surface area contributed by atoms with Gasteiger partial charge in [-0.05, 0) is 51.7 Å². The number of carbonyl (C=O) groups excluding carboxylic acids is 1. The first-order valence-electron chi connectivity index (χ1n) is 11.7. The molecular weight excluding hydrogens is 495 g/mol. The average Bonchev–Trinajstić information content (AvgIpc) is 2.70. The zero-order chi connectivity index (χ0) is 27.0. The van der Waals surface area contributed by atoms with Crippen molar-refractivity contribution >= 4 is 32.0 Å². The van der Waals surface area contributed by atoms with Crippen molar-refractivity contribution in [2.75, 3.05) is 19.7 Å². The van der Waals surface area contributed by atoms with E-state index in [0.29, 0.717) is 0 Å². The molecule has 2 heterocycles. The number of pyridine rings is 1. The van der Waals surface area contributed by atoms with Crippen LogP contribution in [-0.4, -0.2) is 65.8 Å². The first kappa shape index (κ1) is 29.5. The Bertz CT molecular complexity index is 953. The molecule has 0 radical (unpaired) electrons. The van der Waals surface area contributed by atoms with Crippen LogP contribution in [0.5, 0.6) is 0 Å². The number of piperidine rings is 1. The number of likely N-dealkylation sites (tertiary alicyclic amines) is 1. The molecule has 198 valence electrons. The zero-order valence-electron chi connectivity index (χ0n) is 21.9. The average molecular weight is 533 g/mol. The third-order valence-electron chi connectivity index (χ3n) is 6.99. The maximum absolute atomic E-state index is 15.2. The summed E-state index contributed by atoms with van der Waals surface area (Å²) < 4.78 is 27.1. The summed E-state index contributed by atoms with van der Waals surface area (Å²) in [6.07, 6.45) is -0.328. The summed E-state index contributed by atoms with van der Waals surface area (Å²) in [5.74, 6) is -2.71. The molecule has 8 nitrogen and oxygen atoms in total. The number of hydrogen-bond acceptors (Lipinski definition) is 6. The monoisotopic (exact) mass is 532 g/mol. The SMILES string of the molecule is CC(C)(C)OC(=O)N1CCC(CO[Si](C)(C)C(C)(C)C)(C(O)c2ncc(Cl)c(C(=O)O)c2F)CC1. The fourth-order valence-electron chi connectivity index (χ4n) is 3.66. The minimum absolute atomic E-state index is 0.101. The lowest BCUT2D eigenvalue weighted by Gasteiger charge is -2.47. The molecule has 1 unspecified atom stereocenters. The van der Waals surface area contributed by atoms with Crippen LogP contribution in [0.15, 0.2) is 6.20 Å². The van der Waals surface area contributed by atoms with Crippen LogP contribution in [0.25, 0.3) is 0 Å². The van der Waals surface area contributed by atoms with E-state index in [1.54, 1.807) is 25.7 Å². The van der Waals surface area contributed by atoms with Gasteiger partial charge < -0.3 is 24.3 Å². The van der Waals surface area contributed by atoms with Crippen molar-refractivity contribution in [3.8, 4) is 0 Å². The van der Waals surface area contributed by atoms with E-state index >= 15 is 4.39 Å². The van der Waals surface area contributed by atoms with Crippen LogP contribution in [0.1, 0.15) is 76.5 Å². The number of hydrogen-bond donors (Lipinski definition) is 2. The Labute approximate surface area is 212 Å². The Morgan fingerprint density at radius 1 is 1.23 bits per heavy atom. The van der Waals surface area contributed by atoms with Gasteiger partial charge in [0.1, 0.15) is 23.0 Å². The molecule has 1 aliphatic heterocycles. The van der Waals surface area contributed by atoms with Gasteiger partial charge in [-0.25, -0.2) is 14.0 Å². The number of carboxylic acids is 1. The van der Waals surface area contributed by atoms with Crippen LogP contribution in [0.4, 0.5) is 9.18 Å². The minimum atomic E-state index is -2.25. The number of aliphatic hydroxyl groups is 1. The van der Waals surface area contributed by atoms with Crippen LogP contribution in [0.3, 0.4) is 0 Å². The highest BCUT2D eigenvalue weighted by atomic mass is 35.5. The number of rotatable bonds is 6. The second-order valence-corrected chi connectivity index (χ2v) is 17.0. The highest BCUT2D eigenvalue weighted by Gasteiger charge is 2.48. The van der Waals surface area contributed by atoms with Crippen molar-refractivity contribution in [3.05, 3.63) is 28.3 Å². The van der Waals surface area contributed by atoms with Gasteiger partial charge in [0.2, 0.25) is 0 Å². The molecule has 0 aromatic carbocycles. The molecule has 2 N–H and O–H groups in total. The maximum atomic E-state index is 15.2. The van der Waals surface area contributed by atoms with Gasteiger partial charge in [0.25, 0.3) is 0 Å². The molecule has 1 aromatic rings. The van der Waals surface area contributed by atoms with Crippen molar-refractivity contribution in [1.29, 1.82) is 0 Å². The largest absolute Gasteiger partial charge is 0.478 e. The predicted molar refractivity (Wildman–Crippen MR) is 134 cm³/mol. The van der Waals surface area contributed by atoms with Crippen LogP contribution in [-0.2, 0) is 9.16 Å². The van der Waals surface area contributed by atoms with E-state index in [1.807, 2.05) is 0 Å². The molecule has 35 heavy (non-hydrogen) atoms. The van der Waals surface area contributed by atoms with Gasteiger partial charge in [0.15, 0.2) is 14.1 Å². The van der Waals surface area contributed by atoms with Crippen molar-refractivity contribution in [2.45, 2.75) is 84.2 Å². The fraction of sp³-hybridized carbons (Fsp3) is 0.708. The number of carboxylic acid groups (broad SMARTS) is 1. The van der Waals surface area contributed by atoms with Gasteiger partial charge in [-0.1, -0.05) is 32.4 Å². The first-order chi connectivity index (χ1) is 15.8. The number of aromatic carboxylic acids is 1. The zero-order valence-corrected chi connectivity index (χ0v) is 23.6. The molecule has 0 saturated carbocycles. The van der Waals surface area contributed by atoms with Crippen LogP contribution < -0.4 is 0 Å². The number of nitrogens with zero attached hydrogens (tertiary/aromatic N) is 2. The molecule has 2 rings (SSSR count). The normalized spacial score (nSPS) is 17.7. The Balaban J connectivity index is 2.42. The fourth-order valence-corrected chi connectivity index (χ4v) is 4.95. The topological polar surface area (TPSA) is 109 Å². The van der Waals surface area contributed by atoms with E-state index in [0.717, 1.165) is 6.20 Å². The van der Waals surface area contributed by atoms with Gasteiger partial charge >= 0.3 is 12.1 Å². The summed E-state index contributed by atoms with van der Waals surface area (Å²) in [7, 11) is -2.25. The van der Waals surface area contributed by atoms with Gasteiger partial charge in [0, 0.05) is 31.3 Å². The van der Waals surface area contributed by atoms with E-state index in [-0.39, 0.29) is 42.6 Å². The van der Waals surface area contributed by atoms with E-state index < -0.39 is 54.6 Å². The van der Waals surface area contributed by atoms with Gasteiger partial charge in [-0.3, -0.25) is 4.98 Å². The van der Waals surface area contributed by atoms with E-state index in [2.05, 4.69) is 38.8 Å². The van der Waals surface area contributed by atoms with Crippen molar-refractivity contribution < 1.29 is 33.4 Å². The van der Waals surface area contributed by atoms with Crippen molar-refractivity contribution in [1.82, 2.24) is 9.88 Å². The van der Waals surface area contributed by atoms with E-state index in [1.165, 1.54) is 0 Å². The first-order valence-corrected chi connectivity index (χ1v) is 15.0. The third kappa shape index (κ3) is 6.72. The molecule has 1 aliphatic rings. The standard InChI is InChI=1S/C24H38ClFN2O6Si/c1-22(2,3)34-21(32)28-11-9-24(10-12-28,14-33-35(7,8)23(4,5)6)19(29)18-17(26)16(20(30)31)15(25)13-27-18/h13,19,29H,9-12,14H2,1-8H3,(H,30,31). The number of amides is 1. The second-order valence-electron chi connectivity index (χ2n) is 11.8. The smallest absolute Gasteiger partial charge is 0.410 e. The van der Waals surface area contributed by atoms with Crippen LogP contribution in [0.2, 0.25) is 23.2 Å². The summed E-state index contributed by atoms with van der Waals surface area (Å²) >= 11 is 5.86. The van der Waals surface area contributed by atoms with Crippen LogP contribution in [0, 0.1) is 11.2 Å². The highest BCUT2D eigenvalue weighted by molar-refractivity contribution is 6.74. The van der Waals surface area contributed by atoms with Gasteiger partial charge in [-0.15, -0.1) is 0 Å². The molecule has 1 atom stereocenters. The summed E-state index contributed by atoms with van der Waals surface area (Å²) in [6, 6.07) is 0. The minimum Gasteiger partial charge on any atom is -0.478 e. The number of carbonyl (C=O) groups is 2. The quantitative estimate of drug-likeness (QED) is 0.456. The molecule has 0 spiro atoms. The lowest BCUT2D eigenvalue weighted by atomic mass is 9.73. The Hall–Kier alpha value is -1.75. The Kier molecular flexibility index (Phi) is 8.69. The number of aromatic nitrogens is 1. The van der Waals surface area contributed by atoms with Crippen molar-refractivity contribution in [3.63, 3.8) is 0 Å². The predicted octanol–water partition coefficient (Wildman–Crippen LogP) is 5.64. The summed E-state index contributed by atoms with van der Waals surface area (Å²) in [5, 5.41) is 20.4. The number of ether oxygens (including phenoxy) is 1. The maximum Gasteiger partial charge on any atom is 0.410 e. The van der Waals surface area contributed by atoms with E-state index in [9.17, 15) is 19.8 Å². The lowest BCUT2D eigenvalue weighted by Crippen LogP contribution is -2.51. The van der Waals surface area contributed by atoms with Gasteiger partial charge in [-0.2, -0.15) is 0 Å². The van der Waals surface area contributed by atoms with Gasteiger partial charge in [0.05, 0.1) is 5.02 Å². The Morgan fingerprint density at radius 2 is 1.77 bits per heavy atom. The lowest BCUT2D eigenvalue weighted by molar-refractivity contribution is -0.0632. The Morgan fingerprint density at radius 3 is 2.23 bits per heavy atom. The molecule has 11 heteroatoms. The molecule has 1 fully saturated rings. The molecule has 1 saturated heterocycles. The summed E-state index contributed by atoms with van der Waals surface area (Å²) in [6.45, 7) is 16.4. The molecule has 1 amide bonds. The molecule has 0 bridgehead atoms. The molecule has 0 aliphatic carbocycles. The van der Waals surface area contributed by atoms with Crippen molar-refractivity contribution in [2.24, 2.45) is 5.41 Å². The molecular formula is C24H38ClFN2O6Si. The summed E-state index contributed by atoms with van der Waals surface area (Å²) in [4.78, 5) is 29.7. The van der Waals surface area contributed by atoms with Crippen LogP contribution >= 0.6 is 11.6 Å². The van der Waals surface area contributed by atoms with E-state index in [4.69, 9.17) is 20.8 Å². The third-order valence-corrected chi connectivity index (χ3v) is 11.8.